The Balaban J connectivity index is 2.24. The Hall–Kier alpha value is -1.20. The van der Waals surface area contributed by atoms with Gasteiger partial charge in [-0.15, -0.1) is 10.2 Å². The molecule has 4 nitrogen and oxygen atoms in total. The highest BCUT2D eigenvalue weighted by atomic mass is 79.9. The minimum Gasteiger partial charge on any atom is -0.392 e. The zero-order valence-corrected chi connectivity index (χ0v) is 10.1. The van der Waals surface area contributed by atoms with Gasteiger partial charge in [-0.3, -0.25) is 4.57 Å². The number of nitrogens with zero attached hydrogens (tertiary/aromatic N) is 3. The van der Waals surface area contributed by atoms with Gasteiger partial charge < -0.3 is 5.11 Å². The molecule has 0 bridgehead atoms. The molecular formula is C11H10BrN3O. The number of aliphatic hydroxyl groups is 1. The molecule has 0 aliphatic carbocycles. The fraction of sp³-hybridized carbons (Fsp3) is 0.273. The molecule has 2 aromatic rings. The summed E-state index contributed by atoms with van der Waals surface area (Å²) in [4.78, 5) is 0. The first-order chi connectivity index (χ1) is 7.74. The zero-order valence-electron chi connectivity index (χ0n) is 8.47. The number of fused-ring (bicyclic) bond motifs is 3. The van der Waals surface area contributed by atoms with Crippen molar-refractivity contribution in [1.82, 2.24) is 14.8 Å². The number of hydrogen-bond donors (Lipinski definition) is 1. The number of hydrogen-bond acceptors (Lipinski definition) is 3. The Morgan fingerprint density at radius 1 is 1.38 bits per heavy atom. The molecule has 3 rings (SSSR count). The molecule has 1 aliphatic heterocycles. The summed E-state index contributed by atoms with van der Waals surface area (Å²) in [5.74, 6) is 0.813. The van der Waals surface area contributed by atoms with E-state index >= 15 is 0 Å². The van der Waals surface area contributed by atoms with Crippen LogP contribution in [0.1, 0.15) is 11.4 Å². The highest BCUT2D eigenvalue weighted by Gasteiger charge is 2.20. The largest absolute Gasteiger partial charge is 0.392 e. The maximum Gasteiger partial charge on any atom is 0.140 e. The van der Waals surface area contributed by atoms with Crippen LogP contribution in [0.4, 0.5) is 0 Å². The van der Waals surface area contributed by atoms with Crippen molar-refractivity contribution in [2.45, 2.75) is 18.9 Å². The molecule has 16 heavy (non-hydrogen) atoms. The van der Waals surface area contributed by atoms with E-state index in [2.05, 4.69) is 26.1 Å². The van der Waals surface area contributed by atoms with Crippen molar-refractivity contribution in [3.8, 4) is 5.69 Å². The highest BCUT2D eigenvalue weighted by Crippen LogP contribution is 2.25. The molecule has 1 aromatic heterocycles. The van der Waals surface area contributed by atoms with Gasteiger partial charge >= 0.3 is 0 Å². The number of aromatic nitrogens is 3. The van der Waals surface area contributed by atoms with Crippen LogP contribution in [-0.4, -0.2) is 26.0 Å². The van der Waals surface area contributed by atoms with E-state index in [-0.39, 0.29) is 0 Å². The summed E-state index contributed by atoms with van der Waals surface area (Å²) in [6.07, 6.45) is 2.50. The van der Waals surface area contributed by atoms with Gasteiger partial charge in [0.1, 0.15) is 12.2 Å². The lowest BCUT2D eigenvalue weighted by molar-refractivity contribution is 0.174. The lowest BCUT2D eigenvalue weighted by Gasteiger charge is -2.08. The van der Waals surface area contributed by atoms with Gasteiger partial charge in [-0.2, -0.15) is 0 Å². The van der Waals surface area contributed by atoms with Crippen LogP contribution >= 0.6 is 15.9 Å². The monoisotopic (exact) mass is 279 g/mol. The second-order valence-corrected chi connectivity index (χ2v) is 4.87. The molecule has 5 heteroatoms. The minimum atomic E-state index is -0.390. The van der Waals surface area contributed by atoms with Crippen LogP contribution in [0.3, 0.4) is 0 Å². The van der Waals surface area contributed by atoms with Gasteiger partial charge in [0.15, 0.2) is 0 Å². The average molecular weight is 280 g/mol. The number of rotatable bonds is 0. The number of aliphatic hydroxyl groups excluding tert-OH is 1. The first kappa shape index (κ1) is 9.99. The highest BCUT2D eigenvalue weighted by molar-refractivity contribution is 9.10. The third-order valence-electron chi connectivity index (χ3n) is 2.79. The Bertz CT molecular complexity index is 538. The van der Waals surface area contributed by atoms with Crippen molar-refractivity contribution in [3.63, 3.8) is 0 Å². The molecule has 0 fully saturated rings. The first-order valence-electron chi connectivity index (χ1n) is 5.10. The molecular weight excluding hydrogens is 270 g/mol. The summed E-state index contributed by atoms with van der Waals surface area (Å²) < 4.78 is 2.97. The molecule has 82 valence electrons. The van der Waals surface area contributed by atoms with Gasteiger partial charge in [-0.05, 0) is 23.8 Å². The van der Waals surface area contributed by atoms with E-state index in [1.54, 1.807) is 6.33 Å². The molecule has 1 aromatic carbocycles. The van der Waals surface area contributed by atoms with E-state index in [1.807, 2.05) is 22.8 Å². The number of halogens is 1. The van der Waals surface area contributed by atoms with Crippen molar-refractivity contribution in [1.29, 1.82) is 0 Å². The van der Waals surface area contributed by atoms with E-state index in [4.69, 9.17) is 0 Å². The van der Waals surface area contributed by atoms with Crippen LogP contribution in [-0.2, 0) is 12.8 Å². The lowest BCUT2D eigenvalue weighted by Crippen LogP contribution is -2.13. The van der Waals surface area contributed by atoms with Crippen LogP contribution in [0.2, 0.25) is 0 Å². The standard InChI is InChI=1S/C11H10BrN3O/c12-8-1-2-10-7(3-8)4-9(16)5-11-14-13-6-15(10)11/h1-3,6,9,16H,4-5H2. The van der Waals surface area contributed by atoms with Crippen LogP contribution in [0.15, 0.2) is 29.0 Å². The van der Waals surface area contributed by atoms with Gasteiger partial charge in [0.2, 0.25) is 0 Å². The molecule has 1 aliphatic rings. The van der Waals surface area contributed by atoms with Crippen LogP contribution in [0.25, 0.3) is 5.69 Å². The molecule has 0 saturated carbocycles. The fourth-order valence-electron chi connectivity index (χ4n) is 2.09. The van der Waals surface area contributed by atoms with Gasteiger partial charge in [-0.1, -0.05) is 15.9 Å². The molecule has 0 radical (unpaired) electrons. The maximum absolute atomic E-state index is 9.90. The molecule has 2 heterocycles. The predicted molar refractivity (Wildman–Crippen MR) is 62.5 cm³/mol. The average Bonchev–Trinajstić information content (AvgIpc) is 2.61. The maximum atomic E-state index is 9.90. The quantitative estimate of drug-likeness (QED) is 0.795. The summed E-state index contributed by atoms with van der Waals surface area (Å²) in [7, 11) is 0. The third kappa shape index (κ3) is 1.56. The normalized spacial score (nSPS) is 18.8. The molecule has 0 saturated heterocycles. The topological polar surface area (TPSA) is 50.9 Å². The molecule has 1 atom stereocenters. The van der Waals surface area contributed by atoms with Gasteiger partial charge in [0.25, 0.3) is 0 Å². The predicted octanol–water partition coefficient (Wildman–Crippen LogP) is 1.49. The second kappa shape index (κ2) is 3.68. The Morgan fingerprint density at radius 3 is 3.12 bits per heavy atom. The van der Waals surface area contributed by atoms with E-state index < -0.39 is 6.10 Å². The molecule has 0 spiro atoms. The van der Waals surface area contributed by atoms with Gasteiger partial charge in [-0.25, -0.2) is 0 Å². The number of benzene rings is 1. The van der Waals surface area contributed by atoms with Crippen molar-refractivity contribution in [3.05, 3.63) is 40.4 Å². The van der Waals surface area contributed by atoms with E-state index in [1.165, 1.54) is 0 Å². The zero-order chi connectivity index (χ0) is 11.1. The molecule has 1 N–H and O–H groups in total. The van der Waals surface area contributed by atoms with Crippen molar-refractivity contribution >= 4 is 15.9 Å². The third-order valence-corrected chi connectivity index (χ3v) is 3.29. The summed E-state index contributed by atoms with van der Waals surface area (Å²) in [6.45, 7) is 0. The van der Waals surface area contributed by atoms with Crippen molar-refractivity contribution < 1.29 is 5.11 Å². The minimum absolute atomic E-state index is 0.390. The Morgan fingerprint density at radius 2 is 2.25 bits per heavy atom. The van der Waals surface area contributed by atoms with Crippen LogP contribution in [0.5, 0.6) is 0 Å². The Kier molecular flexibility index (Phi) is 2.29. The second-order valence-electron chi connectivity index (χ2n) is 3.95. The summed E-state index contributed by atoms with van der Waals surface area (Å²) >= 11 is 3.44. The van der Waals surface area contributed by atoms with E-state index in [0.29, 0.717) is 12.8 Å². The Labute approximate surface area is 101 Å². The van der Waals surface area contributed by atoms with E-state index in [0.717, 1.165) is 21.5 Å². The SMILES string of the molecule is OC1Cc2cc(Br)ccc2-n2cnnc2C1. The summed E-state index contributed by atoms with van der Waals surface area (Å²) in [5, 5.41) is 17.8. The summed E-state index contributed by atoms with van der Waals surface area (Å²) in [5.41, 5.74) is 2.17. The van der Waals surface area contributed by atoms with Crippen molar-refractivity contribution in [2.75, 3.05) is 0 Å². The first-order valence-corrected chi connectivity index (χ1v) is 5.89. The lowest BCUT2D eigenvalue weighted by atomic mass is 10.1. The van der Waals surface area contributed by atoms with Crippen LogP contribution in [0, 0.1) is 0 Å². The summed E-state index contributed by atoms with van der Waals surface area (Å²) in [6, 6.07) is 6.04. The van der Waals surface area contributed by atoms with E-state index in [9.17, 15) is 5.11 Å². The fourth-order valence-corrected chi connectivity index (χ4v) is 2.50. The van der Waals surface area contributed by atoms with Crippen molar-refractivity contribution in [2.24, 2.45) is 0 Å². The van der Waals surface area contributed by atoms with Crippen LogP contribution < -0.4 is 0 Å². The molecule has 1 unspecified atom stereocenters. The smallest absolute Gasteiger partial charge is 0.140 e. The molecule has 0 amide bonds. The van der Waals surface area contributed by atoms with Gasteiger partial charge in [0, 0.05) is 17.3 Å². The van der Waals surface area contributed by atoms with Gasteiger partial charge in [0.05, 0.1) is 11.8 Å².